The first-order valence-electron chi connectivity index (χ1n) is 7.30. The van der Waals surface area contributed by atoms with Gasteiger partial charge in [0, 0.05) is 6.54 Å². The SMILES string of the molecule is CNCc1ccc(-n2cnn(Cc3ccc(F)cc3)c2=O)cc1. The molecule has 0 aliphatic carbocycles. The van der Waals surface area contributed by atoms with Crippen LogP contribution in [0.3, 0.4) is 0 Å². The van der Waals surface area contributed by atoms with E-state index in [1.165, 1.54) is 27.7 Å². The average molecular weight is 312 g/mol. The number of rotatable bonds is 5. The Balaban J connectivity index is 1.84. The lowest BCUT2D eigenvalue weighted by Crippen LogP contribution is -2.24. The monoisotopic (exact) mass is 312 g/mol. The Morgan fingerprint density at radius 3 is 2.35 bits per heavy atom. The van der Waals surface area contributed by atoms with E-state index >= 15 is 0 Å². The van der Waals surface area contributed by atoms with Crippen LogP contribution in [0.2, 0.25) is 0 Å². The molecule has 0 amide bonds. The van der Waals surface area contributed by atoms with Crippen LogP contribution in [-0.4, -0.2) is 21.4 Å². The summed E-state index contributed by atoms with van der Waals surface area (Å²) >= 11 is 0. The van der Waals surface area contributed by atoms with E-state index in [9.17, 15) is 9.18 Å². The van der Waals surface area contributed by atoms with E-state index in [0.717, 1.165) is 23.4 Å². The van der Waals surface area contributed by atoms with Gasteiger partial charge >= 0.3 is 5.69 Å². The smallest absolute Gasteiger partial charge is 0.316 e. The van der Waals surface area contributed by atoms with Crippen molar-refractivity contribution in [3.63, 3.8) is 0 Å². The van der Waals surface area contributed by atoms with E-state index in [-0.39, 0.29) is 11.5 Å². The van der Waals surface area contributed by atoms with Crippen molar-refractivity contribution in [1.82, 2.24) is 19.7 Å². The molecule has 0 spiro atoms. The van der Waals surface area contributed by atoms with Crippen LogP contribution in [0.1, 0.15) is 11.1 Å². The molecule has 1 N–H and O–H groups in total. The van der Waals surface area contributed by atoms with Gasteiger partial charge in [0.2, 0.25) is 0 Å². The Labute approximate surface area is 133 Å². The van der Waals surface area contributed by atoms with Crippen LogP contribution in [-0.2, 0) is 13.1 Å². The maximum Gasteiger partial charge on any atom is 0.350 e. The lowest BCUT2D eigenvalue weighted by atomic mass is 10.2. The largest absolute Gasteiger partial charge is 0.350 e. The van der Waals surface area contributed by atoms with E-state index in [1.54, 1.807) is 12.1 Å². The summed E-state index contributed by atoms with van der Waals surface area (Å²) in [5, 5.41) is 7.21. The zero-order valence-electron chi connectivity index (χ0n) is 12.7. The Hall–Kier alpha value is -2.73. The van der Waals surface area contributed by atoms with E-state index in [0.29, 0.717) is 6.54 Å². The summed E-state index contributed by atoms with van der Waals surface area (Å²) in [6.45, 7) is 1.09. The Morgan fingerprint density at radius 1 is 1.04 bits per heavy atom. The molecule has 1 heterocycles. The molecule has 0 aliphatic heterocycles. The summed E-state index contributed by atoms with van der Waals surface area (Å²) in [5.41, 5.74) is 2.50. The standard InChI is InChI=1S/C17H17FN4O/c1-19-10-13-4-8-16(9-5-13)21-12-20-22(17(21)23)11-14-2-6-15(18)7-3-14/h2-9,12,19H,10-11H2,1H3. The number of benzene rings is 2. The Morgan fingerprint density at radius 2 is 1.70 bits per heavy atom. The van der Waals surface area contributed by atoms with E-state index in [1.807, 2.05) is 31.3 Å². The minimum atomic E-state index is -0.298. The summed E-state index contributed by atoms with van der Waals surface area (Å²) in [5.74, 6) is -0.298. The molecule has 2 aromatic carbocycles. The van der Waals surface area contributed by atoms with E-state index in [4.69, 9.17) is 0 Å². The van der Waals surface area contributed by atoms with Crippen LogP contribution in [0, 0.1) is 5.82 Å². The number of halogens is 1. The summed E-state index contributed by atoms with van der Waals surface area (Å²) in [4.78, 5) is 12.4. The third-order valence-electron chi connectivity index (χ3n) is 3.57. The van der Waals surface area contributed by atoms with Gasteiger partial charge < -0.3 is 5.32 Å². The van der Waals surface area contributed by atoms with Crippen molar-refractivity contribution in [2.45, 2.75) is 13.1 Å². The molecule has 0 bridgehead atoms. The highest BCUT2D eigenvalue weighted by Crippen LogP contribution is 2.08. The summed E-state index contributed by atoms with van der Waals surface area (Å²) in [6, 6.07) is 13.7. The molecule has 0 fully saturated rings. The van der Waals surface area contributed by atoms with Crippen molar-refractivity contribution in [1.29, 1.82) is 0 Å². The Kier molecular flexibility index (Phi) is 4.34. The number of nitrogens with zero attached hydrogens (tertiary/aromatic N) is 3. The Bertz CT molecular complexity index is 834. The van der Waals surface area contributed by atoms with E-state index in [2.05, 4.69) is 10.4 Å². The fraction of sp³-hybridized carbons (Fsp3) is 0.176. The summed E-state index contributed by atoms with van der Waals surface area (Å²) < 4.78 is 15.8. The number of hydrogen-bond donors (Lipinski definition) is 1. The van der Waals surface area contributed by atoms with Crippen molar-refractivity contribution in [2.75, 3.05) is 7.05 Å². The molecule has 3 aromatic rings. The molecule has 118 valence electrons. The van der Waals surface area contributed by atoms with Crippen LogP contribution in [0.4, 0.5) is 4.39 Å². The minimum Gasteiger partial charge on any atom is -0.316 e. The first kappa shape index (κ1) is 15.2. The fourth-order valence-corrected chi connectivity index (χ4v) is 2.36. The number of nitrogens with one attached hydrogen (secondary N) is 1. The lowest BCUT2D eigenvalue weighted by Gasteiger charge is -2.03. The predicted octanol–water partition coefficient (Wildman–Crippen LogP) is 1.94. The topological polar surface area (TPSA) is 51.9 Å². The minimum absolute atomic E-state index is 0.226. The zero-order chi connectivity index (χ0) is 16.2. The van der Waals surface area contributed by atoms with Gasteiger partial charge in [-0.2, -0.15) is 5.10 Å². The van der Waals surface area contributed by atoms with Crippen molar-refractivity contribution in [3.8, 4) is 5.69 Å². The molecule has 23 heavy (non-hydrogen) atoms. The highest BCUT2D eigenvalue weighted by molar-refractivity contribution is 5.34. The highest BCUT2D eigenvalue weighted by atomic mass is 19.1. The van der Waals surface area contributed by atoms with Gasteiger partial charge in [0.05, 0.1) is 12.2 Å². The van der Waals surface area contributed by atoms with E-state index < -0.39 is 0 Å². The molecule has 0 radical (unpaired) electrons. The van der Waals surface area contributed by atoms with Gasteiger partial charge in [-0.1, -0.05) is 24.3 Å². The predicted molar refractivity (Wildman–Crippen MR) is 86.1 cm³/mol. The summed E-state index contributed by atoms with van der Waals surface area (Å²) in [6.07, 6.45) is 1.50. The molecule has 5 nitrogen and oxygen atoms in total. The molecule has 0 saturated carbocycles. The number of aromatic nitrogens is 3. The normalized spacial score (nSPS) is 10.9. The van der Waals surface area contributed by atoms with Gasteiger partial charge in [-0.15, -0.1) is 0 Å². The van der Waals surface area contributed by atoms with Crippen LogP contribution >= 0.6 is 0 Å². The maximum absolute atomic E-state index is 12.9. The number of hydrogen-bond acceptors (Lipinski definition) is 3. The third-order valence-corrected chi connectivity index (χ3v) is 3.57. The van der Waals surface area contributed by atoms with Gasteiger partial charge in [0.25, 0.3) is 0 Å². The van der Waals surface area contributed by atoms with Gasteiger partial charge in [0.15, 0.2) is 0 Å². The first-order chi connectivity index (χ1) is 11.2. The van der Waals surface area contributed by atoms with Crippen LogP contribution in [0.15, 0.2) is 59.7 Å². The van der Waals surface area contributed by atoms with Crippen LogP contribution in [0.25, 0.3) is 5.69 Å². The molecule has 0 aliphatic rings. The molecule has 3 rings (SSSR count). The van der Waals surface area contributed by atoms with Crippen molar-refractivity contribution >= 4 is 0 Å². The van der Waals surface area contributed by atoms with Gasteiger partial charge in [-0.3, -0.25) is 0 Å². The quantitative estimate of drug-likeness (QED) is 0.783. The lowest BCUT2D eigenvalue weighted by molar-refractivity contribution is 0.622. The second-order valence-corrected chi connectivity index (χ2v) is 5.26. The van der Waals surface area contributed by atoms with Crippen molar-refractivity contribution < 1.29 is 4.39 Å². The zero-order valence-corrected chi connectivity index (χ0v) is 12.7. The average Bonchev–Trinajstić information content (AvgIpc) is 2.92. The third kappa shape index (κ3) is 3.37. The van der Waals surface area contributed by atoms with Gasteiger partial charge in [0.1, 0.15) is 12.1 Å². The molecule has 0 unspecified atom stereocenters. The fourth-order valence-electron chi connectivity index (χ4n) is 2.36. The second kappa shape index (κ2) is 6.58. The molecule has 6 heteroatoms. The van der Waals surface area contributed by atoms with Crippen molar-refractivity contribution in [3.05, 3.63) is 82.3 Å². The van der Waals surface area contributed by atoms with Crippen molar-refractivity contribution in [2.24, 2.45) is 0 Å². The first-order valence-corrected chi connectivity index (χ1v) is 7.30. The van der Waals surface area contributed by atoms with Crippen LogP contribution < -0.4 is 11.0 Å². The molecular weight excluding hydrogens is 295 g/mol. The summed E-state index contributed by atoms with van der Waals surface area (Å²) in [7, 11) is 1.89. The van der Waals surface area contributed by atoms with Crippen LogP contribution in [0.5, 0.6) is 0 Å². The maximum atomic E-state index is 12.9. The molecule has 0 saturated heterocycles. The van der Waals surface area contributed by atoms with Gasteiger partial charge in [-0.05, 0) is 42.4 Å². The van der Waals surface area contributed by atoms with Gasteiger partial charge in [-0.25, -0.2) is 18.4 Å². The molecular formula is C17H17FN4O. The molecule has 0 atom stereocenters. The second-order valence-electron chi connectivity index (χ2n) is 5.26. The highest BCUT2D eigenvalue weighted by Gasteiger charge is 2.07. The molecule has 1 aromatic heterocycles.